The van der Waals surface area contributed by atoms with Crippen molar-refractivity contribution in [1.82, 2.24) is 20.4 Å². The Morgan fingerprint density at radius 3 is 2.92 bits per heavy atom. The maximum Gasteiger partial charge on any atom is 0.191 e. The number of aliphatic imine (C=N–C) groups is 1. The number of nitrogens with one attached hydrogen (secondary N) is 2. The van der Waals surface area contributed by atoms with E-state index in [2.05, 4.69) is 41.7 Å². The zero-order valence-corrected chi connectivity index (χ0v) is 15.0. The van der Waals surface area contributed by atoms with Gasteiger partial charge in [-0.3, -0.25) is 0 Å². The highest BCUT2D eigenvalue weighted by atomic mass is 16.5. The van der Waals surface area contributed by atoms with Gasteiger partial charge in [0.15, 0.2) is 5.96 Å². The Hall–Kier alpha value is -2.34. The third kappa shape index (κ3) is 4.60. The summed E-state index contributed by atoms with van der Waals surface area (Å²) in [7, 11) is 0. The Morgan fingerprint density at radius 1 is 1.32 bits per heavy atom. The molecule has 0 bridgehead atoms. The Balaban J connectivity index is 1.69. The first-order chi connectivity index (χ1) is 12.2. The van der Waals surface area contributed by atoms with E-state index < -0.39 is 0 Å². The Labute approximate surface area is 149 Å². The largest absolute Gasteiger partial charge is 0.373 e. The van der Waals surface area contributed by atoms with Crippen LogP contribution in [0, 0.1) is 0 Å². The fourth-order valence-electron chi connectivity index (χ4n) is 3.03. The molecule has 2 N–H and O–H groups in total. The summed E-state index contributed by atoms with van der Waals surface area (Å²) >= 11 is 0. The quantitative estimate of drug-likeness (QED) is 0.626. The Kier molecular flexibility index (Phi) is 5.71. The normalized spacial score (nSPS) is 20.6. The Bertz CT molecular complexity index is 690. The van der Waals surface area contributed by atoms with Crippen LogP contribution in [0.15, 0.2) is 47.7 Å². The lowest BCUT2D eigenvalue weighted by atomic mass is 10.0. The average Bonchev–Trinajstić information content (AvgIpc) is 3.30. The van der Waals surface area contributed by atoms with Crippen LogP contribution in [-0.2, 0) is 11.3 Å². The zero-order valence-electron chi connectivity index (χ0n) is 15.0. The highest BCUT2D eigenvalue weighted by Gasteiger charge is 2.29. The molecule has 6 nitrogen and oxygen atoms in total. The molecule has 25 heavy (non-hydrogen) atoms. The van der Waals surface area contributed by atoms with Crippen LogP contribution in [-0.4, -0.2) is 41.0 Å². The molecular formula is C19H27N5O. The predicted octanol–water partition coefficient (Wildman–Crippen LogP) is 2.50. The van der Waals surface area contributed by atoms with Gasteiger partial charge in [-0.1, -0.05) is 18.2 Å². The molecule has 1 aromatic carbocycles. The summed E-state index contributed by atoms with van der Waals surface area (Å²) in [6.45, 7) is 7.25. The summed E-state index contributed by atoms with van der Waals surface area (Å²) in [6.07, 6.45) is 5.95. The predicted molar refractivity (Wildman–Crippen MR) is 100.0 cm³/mol. The lowest BCUT2D eigenvalue weighted by molar-refractivity contribution is 0.0243. The molecule has 1 aromatic heterocycles. The van der Waals surface area contributed by atoms with Crippen molar-refractivity contribution in [3.8, 4) is 5.69 Å². The van der Waals surface area contributed by atoms with E-state index in [4.69, 9.17) is 9.73 Å². The maximum atomic E-state index is 5.84. The molecule has 134 valence electrons. The van der Waals surface area contributed by atoms with Gasteiger partial charge in [0.05, 0.1) is 17.8 Å². The van der Waals surface area contributed by atoms with Gasteiger partial charge < -0.3 is 15.4 Å². The number of nitrogens with zero attached hydrogens (tertiary/aromatic N) is 3. The third-order valence-electron chi connectivity index (χ3n) is 4.42. The number of hydrogen-bond donors (Lipinski definition) is 2. The highest BCUT2D eigenvalue weighted by molar-refractivity contribution is 5.79. The van der Waals surface area contributed by atoms with E-state index >= 15 is 0 Å². The molecule has 1 atom stereocenters. The lowest BCUT2D eigenvalue weighted by Gasteiger charge is -2.24. The van der Waals surface area contributed by atoms with E-state index in [0.29, 0.717) is 6.54 Å². The monoisotopic (exact) mass is 341 g/mol. The van der Waals surface area contributed by atoms with Gasteiger partial charge >= 0.3 is 0 Å². The van der Waals surface area contributed by atoms with E-state index in [1.807, 2.05) is 29.1 Å². The fourth-order valence-corrected chi connectivity index (χ4v) is 3.03. The van der Waals surface area contributed by atoms with Gasteiger partial charge in [-0.05, 0) is 44.4 Å². The summed E-state index contributed by atoms with van der Waals surface area (Å²) in [5.74, 6) is 0.814. The molecule has 1 fully saturated rings. The van der Waals surface area contributed by atoms with E-state index in [0.717, 1.165) is 49.7 Å². The molecule has 1 aliphatic heterocycles. The van der Waals surface area contributed by atoms with Gasteiger partial charge in [-0.2, -0.15) is 5.10 Å². The minimum Gasteiger partial charge on any atom is -0.373 e. The van der Waals surface area contributed by atoms with Gasteiger partial charge in [-0.15, -0.1) is 0 Å². The number of guanidine groups is 1. The van der Waals surface area contributed by atoms with Crippen molar-refractivity contribution < 1.29 is 4.74 Å². The topological polar surface area (TPSA) is 63.5 Å². The first kappa shape index (κ1) is 17.5. The summed E-state index contributed by atoms with van der Waals surface area (Å²) < 4.78 is 7.72. The van der Waals surface area contributed by atoms with Crippen LogP contribution in [0.25, 0.3) is 5.69 Å². The lowest BCUT2D eigenvalue weighted by Crippen LogP contribution is -2.45. The van der Waals surface area contributed by atoms with Gasteiger partial charge in [0.2, 0.25) is 0 Å². The van der Waals surface area contributed by atoms with Gasteiger partial charge in [0.1, 0.15) is 0 Å². The van der Waals surface area contributed by atoms with E-state index in [1.54, 1.807) is 6.20 Å². The van der Waals surface area contributed by atoms with Gasteiger partial charge in [0.25, 0.3) is 0 Å². The van der Waals surface area contributed by atoms with Gasteiger partial charge in [0, 0.05) is 32.1 Å². The molecule has 6 heteroatoms. The number of benzene rings is 1. The number of rotatable bonds is 6. The van der Waals surface area contributed by atoms with Crippen LogP contribution < -0.4 is 10.6 Å². The summed E-state index contributed by atoms with van der Waals surface area (Å²) in [5.41, 5.74) is 2.09. The molecule has 0 radical (unpaired) electrons. The molecule has 1 unspecified atom stereocenters. The summed E-state index contributed by atoms with van der Waals surface area (Å²) in [4.78, 5) is 4.74. The molecule has 0 spiro atoms. The molecule has 1 saturated heterocycles. The van der Waals surface area contributed by atoms with Crippen molar-refractivity contribution in [2.45, 2.75) is 38.8 Å². The van der Waals surface area contributed by atoms with E-state index in [1.165, 1.54) is 0 Å². The van der Waals surface area contributed by atoms with Crippen molar-refractivity contribution in [1.29, 1.82) is 0 Å². The molecule has 0 saturated carbocycles. The second kappa shape index (κ2) is 8.16. The van der Waals surface area contributed by atoms with E-state index in [-0.39, 0.29) is 5.60 Å². The minimum absolute atomic E-state index is 0.0941. The number of aromatic nitrogens is 2. The van der Waals surface area contributed by atoms with Crippen molar-refractivity contribution in [2.75, 3.05) is 19.7 Å². The number of hydrogen-bond acceptors (Lipinski definition) is 3. The molecule has 0 amide bonds. The SMILES string of the molecule is CCNC(=NCc1ccccc1-n1cccn1)NCC1(C)CCCO1. The van der Waals surface area contributed by atoms with E-state index in [9.17, 15) is 0 Å². The second-order valence-electron chi connectivity index (χ2n) is 6.53. The Morgan fingerprint density at radius 2 is 2.20 bits per heavy atom. The number of ether oxygens (including phenoxy) is 1. The van der Waals surface area contributed by atoms with Crippen LogP contribution in [0.2, 0.25) is 0 Å². The van der Waals surface area contributed by atoms with Crippen LogP contribution in [0.4, 0.5) is 0 Å². The minimum atomic E-state index is -0.0941. The molecule has 3 rings (SSSR count). The van der Waals surface area contributed by atoms with Crippen LogP contribution >= 0.6 is 0 Å². The smallest absolute Gasteiger partial charge is 0.191 e. The van der Waals surface area contributed by atoms with Crippen LogP contribution in [0.5, 0.6) is 0 Å². The first-order valence-electron chi connectivity index (χ1n) is 8.94. The van der Waals surface area contributed by atoms with Crippen molar-refractivity contribution in [3.63, 3.8) is 0 Å². The third-order valence-corrected chi connectivity index (χ3v) is 4.42. The summed E-state index contributed by atoms with van der Waals surface area (Å²) in [6, 6.07) is 10.1. The molecule has 2 aromatic rings. The second-order valence-corrected chi connectivity index (χ2v) is 6.53. The first-order valence-corrected chi connectivity index (χ1v) is 8.94. The molecule has 0 aliphatic carbocycles. The van der Waals surface area contributed by atoms with Crippen LogP contribution in [0.3, 0.4) is 0 Å². The fraction of sp³-hybridized carbons (Fsp3) is 0.474. The molecule has 2 heterocycles. The zero-order chi connectivity index (χ0) is 17.5. The van der Waals surface area contributed by atoms with Crippen molar-refractivity contribution in [3.05, 3.63) is 48.3 Å². The highest BCUT2D eigenvalue weighted by Crippen LogP contribution is 2.23. The van der Waals surface area contributed by atoms with Crippen molar-refractivity contribution in [2.24, 2.45) is 4.99 Å². The summed E-state index contributed by atoms with van der Waals surface area (Å²) in [5, 5.41) is 11.1. The van der Waals surface area contributed by atoms with Gasteiger partial charge in [-0.25, -0.2) is 9.67 Å². The standard InChI is InChI=1S/C19H27N5O/c1-3-20-18(22-15-19(2)10-6-13-25-19)21-14-16-8-4-5-9-17(16)24-12-7-11-23-24/h4-5,7-9,11-12H,3,6,10,13-15H2,1-2H3,(H2,20,21,22). The molecular weight excluding hydrogens is 314 g/mol. The van der Waals surface area contributed by atoms with Crippen LogP contribution in [0.1, 0.15) is 32.3 Å². The maximum absolute atomic E-state index is 5.84. The van der Waals surface area contributed by atoms with Crippen molar-refractivity contribution >= 4 is 5.96 Å². The average molecular weight is 341 g/mol. The number of para-hydroxylation sites is 1. The molecule has 1 aliphatic rings.